The summed E-state index contributed by atoms with van der Waals surface area (Å²) in [6, 6.07) is 8.80. The number of esters is 1. The summed E-state index contributed by atoms with van der Waals surface area (Å²) in [4.78, 5) is 29.8. The van der Waals surface area contributed by atoms with Crippen LogP contribution in [0.4, 0.5) is 5.69 Å². The zero-order valence-electron chi connectivity index (χ0n) is 19.0. The quantitative estimate of drug-likeness (QED) is 0.561. The van der Waals surface area contributed by atoms with Gasteiger partial charge in [-0.15, -0.1) is 0 Å². The van der Waals surface area contributed by atoms with Crippen LogP contribution >= 0.6 is 0 Å². The average molecular weight is 426 g/mol. The Labute approximate surface area is 185 Å². The number of rotatable bonds is 6. The molecule has 6 nitrogen and oxygen atoms in total. The van der Waals surface area contributed by atoms with Crippen molar-refractivity contribution >= 4 is 17.6 Å². The van der Waals surface area contributed by atoms with Crippen molar-refractivity contribution < 1.29 is 14.3 Å². The highest BCUT2D eigenvalue weighted by molar-refractivity contribution is 5.92. The zero-order chi connectivity index (χ0) is 22.2. The van der Waals surface area contributed by atoms with Crippen LogP contribution in [0, 0.1) is 11.3 Å². The molecule has 31 heavy (non-hydrogen) atoms. The van der Waals surface area contributed by atoms with Crippen molar-refractivity contribution in [3.05, 3.63) is 42.0 Å². The Morgan fingerprint density at radius 1 is 1.23 bits per heavy atom. The number of carbonyl (C=O) groups excluding carboxylic acids is 2. The van der Waals surface area contributed by atoms with E-state index in [9.17, 15) is 9.59 Å². The summed E-state index contributed by atoms with van der Waals surface area (Å²) in [5.41, 5.74) is 2.58. The largest absolute Gasteiger partial charge is 0.465 e. The molecular weight excluding hydrogens is 390 g/mol. The summed E-state index contributed by atoms with van der Waals surface area (Å²) in [5, 5.41) is 3.03. The third kappa shape index (κ3) is 4.41. The van der Waals surface area contributed by atoms with Crippen molar-refractivity contribution in [3.63, 3.8) is 0 Å². The van der Waals surface area contributed by atoms with E-state index in [1.807, 2.05) is 24.3 Å². The van der Waals surface area contributed by atoms with Crippen LogP contribution in [0.25, 0.3) is 0 Å². The summed E-state index contributed by atoms with van der Waals surface area (Å²) >= 11 is 0. The molecule has 0 aromatic heterocycles. The van der Waals surface area contributed by atoms with Gasteiger partial charge < -0.3 is 10.1 Å². The predicted octanol–water partition coefficient (Wildman–Crippen LogP) is 3.09. The molecule has 1 aromatic carbocycles. The van der Waals surface area contributed by atoms with Gasteiger partial charge >= 0.3 is 5.97 Å². The van der Waals surface area contributed by atoms with Gasteiger partial charge in [-0.3, -0.25) is 19.4 Å². The molecule has 0 bridgehead atoms. The molecule has 3 fully saturated rings. The number of cyclic esters (lactones) is 1. The van der Waals surface area contributed by atoms with Crippen LogP contribution in [0.15, 0.2) is 36.4 Å². The van der Waals surface area contributed by atoms with E-state index in [4.69, 9.17) is 4.74 Å². The number of benzene rings is 1. The highest BCUT2D eigenvalue weighted by atomic mass is 16.5. The second kappa shape index (κ2) is 8.75. The van der Waals surface area contributed by atoms with Crippen LogP contribution in [0.1, 0.15) is 39.2 Å². The molecule has 6 heteroatoms. The van der Waals surface area contributed by atoms with Crippen LogP contribution in [0.5, 0.6) is 0 Å². The number of amides is 1. The fraction of sp³-hybridized carbons (Fsp3) is 0.600. The van der Waals surface area contributed by atoms with Crippen molar-refractivity contribution in [2.45, 2.75) is 52.1 Å². The van der Waals surface area contributed by atoms with Crippen LogP contribution in [0.3, 0.4) is 0 Å². The van der Waals surface area contributed by atoms with Crippen LogP contribution in [0.2, 0.25) is 0 Å². The number of likely N-dealkylation sites (N-methyl/N-ethyl adjacent to an activating group) is 1. The standard InChI is InChI=1S/C25H35N3O3/c1-5-28-18(3)13-27(14-19(28)4)15-23(29)26-22-8-6-20(7-9-22)12-25-11-17(2)10-21(25)16-31-24(25)30/h6-9,18-19,21H,2,5,10-16H2,1,3-4H3,(H,26,29). The minimum atomic E-state index is -0.449. The van der Waals surface area contributed by atoms with E-state index in [-0.39, 0.29) is 17.8 Å². The van der Waals surface area contributed by atoms with Crippen LogP contribution in [-0.2, 0) is 20.7 Å². The van der Waals surface area contributed by atoms with Gasteiger partial charge in [0.2, 0.25) is 5.91 Å². The fourth-order valence-corrected chi connectivity index (χ4v) is 5.96. The number of carbonyl (C=O) groups is 2. The third-order valence-electron chi connectivity index (χ3n) is 7.37. The molecule has 168 valence electrons. The fourth-order valence-electron chi connectivity index (χ4n) is 5.96. The lowest BCUT2D eigenvalue weighted by molar-refractivity contribution is -0.146. The van der Waals surface area contributed by atoms with Crippen molar-refractivity contribution in [1.29, 1.82) is 0 Å². The van der Waals surface area contributed by atoms with Gasteiger partial charge in [0.1, 0.15) is 0 Å². The van der Waals surface area contributed by atoms with Crippen molar-refractivity contribution in [2.24, 2.45) is 11.3 Å². The minimum absolute atomic E-state index is 0.0159. The highest BCUT2D eigenvalue weighted by Gasteiger charge is 2.55. The first-order valence-electron chi connectivity index (χ1n) is 11.5. The predicted molar refractivity (Wildman–Crippen MR) is 122 cm³/mol. The first-order chi connectivity index (χ1) is 14.8. The average Bonchev–Trinajstić information content (AvgIpc) is 3.17. The molecule has 1 aliphatic carbocycles. The maximum absolute atomic E-state index is 12.6. The molecule has 3 aliphatic rings. The summed E-state index contributed by atoms with van der Waals surface area (Å²) in [5.74, 6) is 0.173. The van der Waals surface area contributed by atoms with E-state index in [0.717, 1.165) is 49.3 Å². The van der Waals surface area contributed by atoms with E-state index < -0.39 is 5.41 Å². The molecular formula is C25H35N3O3. The van der Waals surface area contributed by atoms with E-state index in [0.29, 0.717) is 31.7 Å². The molecule has 1 aromatic rings. The molecule has 2 heterocycles. The molecule has 2 saturated heterocycles. The van der Waals surface area contributed by atoms with E-state index in [1.54, 1.807) is 0 Å². The summed E-state index contributed by atoms with van der Waals surface area (Å²) in [6.07, 6.45) is 2.27. The van der Waals surface area contributed by atoms with Gasteiger partial charge in [-0.2, -0.15) is 0 Å². The Morgan fingerprint density at radius 3 is 2.55 bits per heavy atom. The molecule has 1 amide bonds. The molecule has 0 spiro atoms. The maximum atomic E-state index is 12.6. The highest BCUT2D eigenvalue weighted by Crippen LogP contribution is 2.52. The Balaban J connectivity index is 1.33. The van der Waals surface area contributed by atoms with E-state index >= 15 is 0 Å². The van der Waals surface area contributed by atoms with Gasteiger partial charge in [0.25, 0.3) is 0 Å². The lowest BCUT2D eigenvalue weighted by atomic mass is 9.75. The number of ether oxygens (including phenoxy) is 1. The van der Waals surface area contributed by atoms with Gasteiger partial charge in [-0.25, -0.2) is 0 Å². The second-order valence-corrected chi connectivity index (χ2v) is 9.73. The number of hydrogen-bond donors (Lipinski definition) is 1. The number of allylic oxidation sites excluding steroid dienone is 1. The van der Waals surface area contributed by atoms with Crippen molar-refractivity contribution in [1.82, 2.24) is 9.80 Å². The molecule has 4 rings (SSSR count). The van der Waals surface area contributed by atoms with Crippen LogP contribution in [-0.4, -0.2) is 66.5 Å². The van der Waals surface area contributed by atoms with Crippen LogP contribution < -0.4 is 5.32 Å². The number of hydrogen-bond acceptors (Lipinski definition) is 5. The Morgan fingerprint density at radius 2 is 1.90 bits per heavy atom. The molecule has 0 radical (unpaired) electrons. The van der Waals surface area contributed by atoms with Crippen molar-refractivity contribution in [3.8, 4) is 0 Å². The first-order valence-corrected chi connectivity index (χ1v) is 11.5. The second-order valence-electron chi connectivity index (χ2n) is 9.73. The Hall–Kier alpha value is -2.18. The summed E-state index contributed by atoms with van der Waals surface area (Å²) < 4.78 is 5.38. The molecule has 4 unspecified atom stereocenters. The third-order valence-corrected chi connectivity index (χ3v) is 7.37. The topological polar surface area (TPSA) is 61.9 Å². The molecule has 4 atom stereocenters. The van der Waals surface area contributed by atoms with E-state index in [1.165, 1.54) is 0 Å². The number of nitrogens with zero attached hydrogens (tertiary/aromatic N) is 2. The summed E-state index contributed by atoms with van der Waals surface area (Å²) in [7, 11) is 0. The van der Waals surface area contributed by atoms with Gasteiger partial charge in [-0.05, 0) is 57.4 Å². The molecule has 1 saturated carbocycles. The Kier molecular flexibility index (Phi) is 6.22. The minimum Gasteiger partial charge on any atom is -0.465 e. The molecule has 2 aliphatic heterocycles. The smallest absolute Gasteiger partial charge is 0.313 e. The lowest BCUT2D eigenvalue weighted by Gasteiger charge is -2.43. The lowest BCUT2D eigenvalue weighted by Crippen LogP contribution is -2.57. The van der Waals surface area contributed by atoms with E-state index in [2.05, 4.69) is 42.5 Å². The van der Waals surface area contributed by atoms with Gasteiger partial charge in [0, 0.05) is 36.8 Å². The first kappa shape index (κ1) is 22.0. The number of nitrogens with one attached hydrogen (secondary N) is 1. The summed E-state index contributed by atoms with van der Waals surface area (Å²) in [6.45, 7) is 14.5. The monoisotopic (exact) mass is 425 g/mol. The maximum Gasteiger partial charge on any atom is 0.313 e. The number of fused-ring (bicyclic) bond motifs is 1. The number of anilines is 1. The number of piperazine rings is 1. The van der Waals surface area contributed by atoms with Gasteiger partial charge in [-0.1, -0.05) is 31.2 Å². The molecule has 1 N–H and O–H groups in total. The van der Waals surface area contributed by atoms with Gasteiger partial charge in [0.05, 0.1) is 18.6 Å². The van der Waals surface area contributed by atoms with Crippen molar-refractivity contribution in [2.75, 3.05) is 38.1 Å². The SMILES string of the molecule is C=C1CC2COC(=O)C2(Cc2ccc(NC(=O)CN3CC(C)N(CC)C(C)C3)cc2)C1. The normalized spacial score (nSPS) is 31.5. The Bertz CT molecular complexity index is 840. The van der Waals surface area contributed by atoms with Gasteiger partial charge in [0.15, 0.2) is 0 Å². The zero-order valence-corrected chi connectivity index (χ0v) is 19.0.